The number of aromatic nitrogens is 1. The van der Waals surface area contributed by atoms with E-state index in [0.29, 0.717) is 30.4 Å². The summed E-state index contributed by atoms with van der Waals surface area (Å²) in [5.74, 6) is 1.80. The summed E-state index contributed by atoms with van der Waals surface area (Å²) < 4.78 is 38.8. The molecule has 0 saturated heterocycles. The van der Waals surface area contributed by atoms with Crippen LogP contribution in [0.15, 0.2) is 76.8 Å². The van der Waals surface area contributed by atoms with Gasteiger partial charge in [0.15, 0.2) is 11.5 Å². The second kappa shape index (κ2) is 8.12. The highest BCUT2D eigenvalue weighted by atomic mass is 32.2. The molecule has 2 heterocycles. The molecule has 6 nitrogen and oxygen atoms in total. The zero-order valence-corrected chi connectivity index (χ0v) is 16.5. The van der Waals surface area contributed by atoms with Crippen molar-refractivity contribution in [1.82, 2.24) is 4.98 Å². The van der Waals surface area contributed by atoms with Crippen molar-refractivity contribution in [2.75, 3.05) is 17.9 Å². The highest BCUT2D eigenvalue weighted by Crippen LogP contribution is 2.33. The van der Waals surface area contributed by atoms with E-state index >= 15 is 0 Å². The summed E-state index contributed by atoms with van der Waals surface area (Å²) in [6.07, 6.45) is 3.58. The van der Waals surface area contributed by atoms with E-state index in [4.69, 9.17) is 9.47 Å². The molecule has 0 fully saturated rings. The van der Waals surface area contributed by atoms with Gasteiger partial charge < -0.3 is 9.47 Å². The van der Waals surface area contributed by atoms with Crippen LogP contribution in [0.25, 0.3) is 0 Å². The normalized spacial score (nSPS) is 13.1. The van der Waals surface area contributed by atoms with Crippen LogP contribution in [0.3, 0.4) is 0 Å². The van der Waals surface area contributed by atoms with Crippen LogP contribution >= 0.6 is 11.8 Å². The van der Waals surface area contributed by atoms with Gasteiger partial charge in [0.25, 0.3) is 10.0 Å². The van der Waals surface area contributed by atoms with Crippen LogP contribution in [-0.2, 0) is 15.8 Å². The van der Waals surface area contributed by atoms with E-state index in [0.717, 1.165) is 16.2 Å². The van der Waals surface area contributed by atoms with E-state index in [1.54, 1.807) is 36.2 Å². The fourth-order valence-electron chi connectivity index (χ4n) is 2.67. The predicted octanol–water partition coefficient (Wildman–Crippen LogP) is 3.95. The molecule has 0 radical (unpaired) electrons. The van der Waals surface area contributed by atoms with Crippen molar-refractivity contribution in [2.24, 2.45) is 0 Å². The maximum Gasteiger partial charge on any atom is 0.262 e. The first-order chi connectivity index (χ1) is 13.6. The molecule has 0 bridgehead atoms. The monoisotopic (exact) mass is 414 g/mol. The molecule has 8 heteroatoms. The lowest BCUT2D eigenvalue weighted by atomic mass is 10.3. The summed E-state index contributed by atoms with van der Waals surface area (Å²) in [5, 5.41) is 0. The average molecular weight is 415 g/mol. The molecule has 1 aliphatic rings. The Morgan fingerprint density at radius 3 is 2.54 bits per heavy atom. The van der Waals surface area contributed by atoms with Gasteiger partial charge in [0.2, 0.25) is 0 Å². The molecule has 0 unspecified atom stereocenters. The van der Waals surface area contributed by atoms with Crippen LogP contribution in [0.4, 0.5) is 5.69 Å². The van der Waals surface area contributed by atoms with Gasteiger partial charge in [-0.25, -0.2) is 8.42 Å². The molecular weight excluding hydrogens is 396 g/mol. The van der Waals surface area contributed by atoms with Crippen LogP contribution in [0, 0.1) is 0 Å². The number of ether oxygens (including phenoxy) is 2. The topological polar surface area (TPSA) is 77.5 Å². The summed E-state index contributed by atoms with van der Waals surface area (Å²) in [6.45, 7) is 0.866. The summed E-state index contributed by atoms with van der Waals surface area (Å²) in [6, 6.07) is 15.8. The number of rotatable bonds is 6. The Labute approximate surface area is 168 Å². The Bertz CT molecular complexity index is 1060. The highest BCUT2D eigenvalue weighted by molar-refractivity contribution is 7.98. The first-order valence-corrected chi connectivity index (χ1v) is 11.1. The first-order valence-electron chi connectivity index (χ1n) is 8.64. The zero-order chi connectivity index (χ0) is 19.4. The molecule has 1 aliphatic heterocycles. The second-order valence-corrected chi connectivity index (χ2v) is 8.82. The van der Waals surface area contributed by atoms with Gasteiger partial charge >= 0.3 is 0 Å². The van der Waals surface area contributed by atoms with Crippen LogP contribution < -0.4 is 14.2 Å². The fraction of sp³-hybridized carbons (Fsp3) is 0.150. The Hall–Kier alpha value is -2.71. The number of sulfonamides is 1. The molecule has 3 aromatic rings. The Morgan fingerprint density at radius 1 is 1.00 bits per heavy atom. The van der Waals surface area contributed by atoms with Gasteiger partial charge in [-0.2, -0.15) is 0 Å². The van der Waals surface area contributed by atoms with Gasteiger partial charge in [0.1, 0.15) is 13.2 Å². The molecule has 0 aliphatic carbocycles. The van der Waals surface area contributed by atoms with E-state index in [1.807, 2.05) is 30.5 Å². The third-order valence-electron chi connectivity index (χ3n) is 4.06. The molecule has 0 atom stereocenters. The van der Waals surface area contributed by atoms with Crippen molar-refractivity contribution in [3.63, 3.8) is 0 Å². The first kappa shape index (κ1) is 18.6. The zero-order valence-electron chi connectivity index (χ0n) is 14.9. The molecule has 1 aromatic heterocycles. The van der Waals surface area contributed by atoms with E-state index in [-0.39, 0.29) is 4.90 Å². The number of hydrogen-bond acceptors (Lipinski definition) is 6. The van der Waals surface area contributed by atoms with Crippen molar-refractivity contribution in [2.45, 2.75) is 15.5 Å². The van der Waals surface area contributed by atoms with Crippen LogP contribution in [0.2, 0.25) is 0 Å². The Kier molecular flexibility index (Phi) is 5.40. The van der Waals surface area contributed by atoms with E-state index in [1.165, 1.54) is 12.1 Å². The van der Waals surface area contributed by atoms with Gasteiger partial charge in [-0.3, -0.25) is 9.71 Å². The van der Waals surface area contributed by atoms with Gasteiger partial charge in [0.05, 0.1) is 4.90 Å². The summed E-state index contributed by atoms with van der Waals surface area (Å²) in [4.78, 5) is 5.28. The van der Waals surface area contributed by atoms with Crippen molar-refractivity contribution in [1.29, 1.82) is 0 Å². The average Bonchev–Trinajstić information content (AvgIpc) is 2.73. The second-order valence-electron chi connectivity index (χ2n) is 6.09. The molecule has 4 rings (SSSR count). The number of hydrogen-bond donors (Lipinski definition) is 1. The van der Waals surface area contributed by atoms with Gasteiger partial charge in [-0.15, -0.1) is 11.8 Å². The van der Waals surface area contributed by atoms with Crippen molar-refractivity contribution in [3.8, 4) is 11.5 Å². The molecule has 0 spiro atoms. The molecular formula is C20H18N2O4S2. The number of pyridine rings is 1. The molecule has 0 saturated carbocycles. The van der Waals surface area contributed by atoms with Crippen LogP contribution in [-0.4, -0.2) is 26.6 Å². The Morgan fingerprint density at radius 2 is 1.79 bits per heavy atom. The third-order valence-corrected chi connectivity index (χ3v) is 6.52. The standard InChI is InChI=1S/C20H18N2O4S2/c23-28(24,18-7-8-19-20(12-18)26-11-10-25-19)22-16-3-5-17(6-4-16)27-14-15-2-1-9-21-13-15/h1-9,12-13,22H,10-11,14H2. The maximum atomic E-state index is 12.7. The number of nitrogens with one attached hydrogen (secondary N) is 1. The number of fused-ring (bicyclic) bond motifs is 1. The van der Waals surface area contributed by atoms with E-state index in [9.17, 15) is 8.42 Å². The Balaban J connectivity index is 1.43. The van der Waals surface area contributed by atoms with Crippen molar-refractivity contribution >= 4 is 27.5 Å². The van der Waals surface area contributed by atoms with Crippen LogP contribution in [0.5, 0.6) is 11.5 Å². The predicted molar refractivity (Wildman–Crippen MR) is 108 cm³/mol. The molecule has 0 amide bonds. The minimum atomic E-state index is -3.72. The summed E-state index contributed by atoms with van der Waals surface area (Å²) in [5.41, 5.74) is 1.64. The van der Waals surface area contributed by atoms with Gasteiger partial charge in [0, 0.05) is 34.8 Å². The van der Waals surface area contributed by atoms with E-state index in [2.05, 4.69) is 9.71 Å². The van der Waals surface area contributed by atoms with Crippen molar-refractivity contribution < 1.29 is 17.9 Å². The third kappa shape index (κ3) is 4.40. The number of anilines is 1. The maximum absolute atomic E-state index is 12.7. The van der Waals surface area contributed by atoms with Gasteiger partial charge in [-0.05, 0) is 48.0 Å². The lowest BCUT2D eigenvalue weighted by Gasteiger charge is -2.19. The summed E-state index contributed by atoms with van der Waals surface area (Å²) in [7, 11) is -3.72. The molecule has 1 N–H and O–H groups in total. The van der Waals surface area contributed by atoms with Gasteiger partial charge in [-0.1, -0.05) is 6.07 Å². The van der Waals surface area contributed by atoms with Crippen molar-refractivity contribution in [3.05, 3.63) is 72.6 Å². The number of benzene rings is 2. The highest BCUT2D eigenvalue weighted by Gasteiger charge is 2.19. The largest absolute Gasteiger partial charge is 0.486 e. The lowest BCUT2D eigenvalue weighted by Crippen LogP contribution is -2.17. The fourth-order valence-corrected chi connectivity index (χ4v) is 4.58. The lowest BCUT2D eigenvalue weighted by molar-refractivity contribution is 0.171. The molecule has 144 valence electrons. The minimum Gasteiger partial charge on any atom is -0.486 e. The smallest absolute Gasteiger partial charge is 0.262 e. The van der Waals surface area contributed by atoms with Crippen LogP contribution in [0.1, 0.15) is 5.56 Å². The molecule has 28 heavy (non-hydrogen) atoms. The van der Waals surface area contributed by atoms with E-state index < -0.39 is 10.0 Å². The SMILES string of the molecule is O=S(=O)(Nc1ccc(SCc2cccnc2)cc1)c1ccc2c(c1)OCCO2. The quantitative estimate of drug-likeness (QED) is 0.616. The summed E-state index contributed by atoms with van der Waals surface area (Å²) >= 11 is 1.66. The minimum absolute atomic E-state index is 0.131. The molecule has 2 aromatic carbocycles. The number of nitrogens with zero attached hydrogens (tertiary/aromatic N) is 1. The number of thioether (sulfide) groups is 1.